The fourth-order valence-corrected chi connectivity index (χ4v) is 5.51. The first-order chi connectivity index (χ1) is 18.5. The van der Waals surface area contributed by atoms with E-state index >= 15 is 0 Å². The largest absolute Gasteiger partial charge is 0.354 e. The van der Waals surface area contributed by atoms with Crippen molar-refractivity contribution < 1.29 is 18.0 Å². The highest BCUT2D eigenvalue weighted by molar-refractivity contribution is 14.1. The van der Waals surface area contributed by atoms with Gasteiger partial charge in [0.15, 0.2) is 0 Å². The lowest BCUT2D eigenvalue weighted by Crippen LogP contribution is -2.53. The molecular weight excluding hydrogens is 672 g/mol. The van der Waals surface area contributed by atoms with Gasteiger partial charge in [-0.1, -0.05) is 66.5 Å². The van der Waals surface area contributed by atoms with E-state index in [0.717, 1.165) is 26.1 Å². The normalized spacial score (nSPS) is 12.0. The molecule has 3 aromatic rings. The topological polar surface area (TPSA) is 86.8 Å². The van der Waals surface area contributed by atoms with Crippen molar-refractivity contribution in [3.63, 3.8) is 0 Å². The maximum Gasteiger partial charge on any atom is 0.244 e. The molecule has 2 amide bonds. The van der Waals surface area contributed by atoms with Crippen molar-refractivity contribution in [2.24, 2.45) is 0 Å². The number of sulfonamides is 1. The predicted molar refractivity (Wildman–Crippen MR) is 166 cm³/mol. The molecule has 0 saturated carbocycles. The molecule has 7 nitrogen and oxygen atoms in total. The Hall–Kier alpha value is -2.34. The van der Waals surface area contributed by atoms with Crippen LogP contribution < -0.4 is 9.62 Å². The molecule has 0 spiro atoms. The third-order valence-corrected chi connectivity index (χ3v) is 8.55. The molecule has 3 aromatic carbocycles. The Morgan fingerprint density at radius 1 is 0.949 bits per heavy atom. The first kappa shape index (κ1) is 31.2. The van der Waals surface area contributed by atoms with Gasteiger partial charge >= 0.3 is 0 Å². The van der Waals surface area contributed by atoms with Crippen molar-refractivity contribution in [2.45, 2.75) is 32.4 Å². The van der Waals surface area contributed by atoms with Gasteiger partial charge in [0.1, 0.15) is 12.6 Å². The molecule has 1 N–H and O–H groups in total. The van der Waals surface area contributed by atoms with Crippen molar-refractivity contribution in [1.29, 1.82) is 0 Å². The van der Waals surface area contributed by atoms with Gasteiger partial charge in [0.05, 0.1) is 22.0 Å². The molecule has 0 radical (unpaired) electrons. The number of nitrogens with one attached hydrogen (secondary N) is 1. The lowest BCUT2D eigenvalue weighted by molar-refractivity contribution is -0.140. The van der Waals surface area contributed by atoms with Crippen LogP contribution in [0.3, 0.4) is 0 Å². The van der Waals surface area contributed by atoms with Gasteiger partial charge in [0, 0.05) is 23.1 Å². The van der Waals surface area contributed by atoms with Crippen LogP contribution in [0.1, 0.15) is 24.5 Å². The average Bonchev–Trinajstić information content (AvgIpc) is 2.90. The van der Waals surface area contributed by atoms with E-state index < -0.39 is 28.5 Å². The van der Waals surface area contributed by atoms with Crippen molar-refractivity contribution in [3.8, 4) is 0 Å². The summed E-state index contributed by atoms with van der Waals surface area (Å²) in [6.45, 7) is 1.93. The molecule has 0 fully saturated rings. The van der Waals surface area contributed by atoms with Gasteiger partial charge < -0.3 is 10.2 Å². The van der Waals surface area contributed by atoms with Gasteiger partial charge in [-0.25, -0.2) is 8.42 Å². The predicted octanol–water partition coefficient (Wildman–Crippen LogP) is 5.53. The summed E-state index contributed by atoms with van der Waals surface area (Å²) >= 11 is 14.5. The molecule has 1 atom stereocenters. The van der Waals surface area contributed by atoms with E-state index in [2.05, 4.69) is 27.9 Å². The summed E-state index contributed by atoms with van der Waals surface area (Å²) < 4.78 is 27.6. The van der Waals surface area contributed by atoms with E-state index in [0.29, 0.717) is 27.8 Å². The van der Waals surface area contributed by atoms with Crippen LogP contribution in [-0.4, -0.2) is 50.5 Å². The van der Waals surface area contributed by atoms with E-state index in [1.807, 2.05) is 37.3 Å². The molecular formula is C28H30Cl2IN3O4S. The fourth-order valence-electron chi connectivity index (χ4n) is 3.98. The van der Waals surface area contributed by atoms with Gasteiger partial charge in [-0.15, -0.1) is 0 Å². The van der Waals surface area contributed by atoms with Gasteiger partial charge in [0.2, 0.25) is 21.8 Å². The van der Waals surface area contributed by atoms with Crippen LogP contribution in [0.4, 0.5) is 5.69 Å². The lowest BCUT2D eigenvalue weighted by Gasteiger charge is -2.33. The standard InChI is InChI=1S/C28H30Cl2IN3O4S/c1-3-15-32-28(36)26(17-20-7-5-4-6-8-20)33(18-21-9-14-24(29)25(30)16-21)27(35)19-34(39(2,37)38)23-12-10-22(31)11-13-23/h4-14,16,26H,3,15,17-19H2,1-2H3,(H,32,36)/t26-/m1/s1. The number of rotatable bonds is 12. The smallest absolute Gasteiger partial charge is 0.244 e. The molecule has 0 bridgehead atoms. The maximum atomic E-state index is 14.0. The van der Waals surface area contributed by atoms with Gasteiger partial charge in [-0.2, -0.15) is 0 Å². The Morgan fingerprint density at radius 2 is 1.62 bits per heavy atom. The number of nitrogens with zero attached hydrogens (tertiary/aromatic N) is 2. The third-order valence-electron chi connectivity index (χ3n) is 5.95. The van der Waals surface area contributed by atoms with Crippen LogP contribution in [0.2, 0.25) is 10.0 Å². The molecule has 0 aliphatic carbocycles. The van der Waals surface area contributed by atoms with Gasteiger partial charge in [-0.05, 0) is 76.5 Å². The number of carbonyl (C=O) groups is 2. The number of amides is 2. The van der Waals surface area contributed by atoms with Gasteiger partial charge in [0.25, 0.3) is 0 Å². The molecule has 208 valence electrons. The monoisotopic (exact) mass is 701 g/mol. The number of benzene rings is 3. The molecule has 0 aliphatic rings. The zero-order valence-corrected chi connectivity index (χ0v) is 26.1. The van der Waals surface area contributed by atoms with Crippen LogP contribution in [0.15, 0.2) is 72.8 Å². The minimum absolute atomic E-state index is 0.0249. The second-order valence-corrected chi connectivity index (χ2v) is 13.0. The molecule has 3 rings (SSSR count). The number of halogens is 3. The first-order valence-electron chi connectivity index (χ1n) is 12.3. The first-order valence-corrected chi connectivity index (χ1v) is 16.0. The Labute approximate surface area is 253 Å². The van der Waals surface area contributed by atoms with Crippen molar-refractivity contribution in [2.75, 3.05) is 23.7 Å². The van der Waals surface area contributed by atoms with Crippen LogP contribution in [-0.2, 0) is 32.6 Å². The number of carbonyl (C=O) groups excluding carboxylic acids is 2. The zero-order chi connectivity index (χ0) is 28.6. The Morgan fingerprint density at radius 3 is 2.21 bits per heavy atom. The molecule has 0 heterocycles. The van der Waals surface area contributed by atoms with E-state index in [9.17, 15) is 18.0 Å². The number of hydrogen-bond acceptors (Lipinski definition) is 4. The minimum atomic E-state index is -3.82. The Kier molecular flexibility index (Phi) is 11.5. The highest BCUT2D eigenvalue weighted by Gasteiger charge is 2.33. The summed E-state index contributed by atoms with van der Waals surface area (Å²) in [4.78, 5) is 28.9. The summed E-state index contributed by atoms with van der Waals surface area (Å²) in [6, 6.07) is 20.3. The average molecular weight is 702 g/mol. The van der Waals surface area contributed by atoms with E-state index in [1.54, 1.807) is 42.5 Å². The summed E-state index contributed by atoms with van der Waals surface area (Å²) in [5, 5.41) is 3.58. The molecule has 0 aromatic heterocycles. The second kappa shape index (κ2) is 14.3. The van der Waals surface area contributed by atoms with Gasteiger partial charge in [-0.3, -0.25) is 13.9 Å². The highest BCUT2D eigenvalue weighted by Crippen LogP contribution is 2.25. The zero-order valence-electron chi connectivity index (χ0n) is 21.6. The lowest BCUT2D eigenvalue weighted by atomic mass is 10.0. The molecule has 0 unspecified atom stereocenters. The van der Waals surface area contributed by atoms with Crippen LogP contribution in [0.5, 0.6) is 0 Å². The van der Waals surface area contributed by atoms with E-state index in [-0.39, 0.29) is 18.9 Å². The Bertz CT molecular complexity index is 1390. The molecule has 0 aliphatic heterocycles. The third kappa shape index (κ3) is 9.09. The van der Waals surface area contributed by atoms with Crippen molar-refractivity contribution >= 4 is 73.3 Å². The van der Waals surface area contributed by atoms with Crippen LogP contribution in [0, 0.1) is 3.57 Å². The molecule has 39 heavy (non-hydrogen) atoms. The summed E-state index contributed by atoms with van der Waals surface area (Å²) in [7, 11) is -3.82. The number of hydrogen-bond donors (Lipinski definition) is 1. The molecule has 11 heteroatoms. The minimum Gasteiger partial charge on any atom is -0.354 e. The summed E-state index contributed by atoms with van der Waals surface area (Å²) in [6.07, 6.45) is 2.02. The van der Waals surface area contributed by atoms with Crippen molar-refractivity contribution in [1.82, 2.24) is 10.2 Å². The maximum absolute atomic E-state index is 14.0. The van der Waals surface area contributed by atoms with Crippen molar-refractivity contribution in [3.05, 3.63) is 97.5 Å². The highest BCUT2D eigenvalue weighted by atomic mass is 127. The Balaban J connectivity index is 2.05. The SMILES string of the molecule is CCCNC(=O)[C@@H](Cc1ccccc1)N(Cc1ccc(Cl)c(Cl)c1)C(=O)CN(c1ccc(I)cc1)S(C)(=O)=O. The van der Waals surface area contributed by atoms with E-state index in [4.69, 9.17) is 23.2 Å². The second-order valence-electron chi connectivity index (χ2n) is 9.01. The quantitative estimate of drug-likeness (QED) is 0.252. The fraction of sp³-hybridized carbons (Fsp3) is 0.286. The van der Waals surface area contributed by atoms with Crippen LogP contribution >= 0.6 is 45.8 Å². The number of anilines is 1. The summed E-state index contributed by atoms with van der Waals surface area (Å²) in [5.74, 6) is -0.855. The van der Waals surface area contributed by atoms with E-state index in [1.165, 1.54) is 4.90 Å². The summed E-state index contributed by atoms with van der Waals surface area (Å²) in [5.41, 5.74) is 1.87. The van der Waals surface area contributed by atoms with Crippen LogP contribution in [0.25, 0.3) is 0 Å². The molecule has 0 saturated heterocycles.